The summed E-state index contributed by atoms with van der Waals surface area (Å²) in [6, 6.07) is 0. The van der Waals surface area contributed by atoms with Crippen molar-refractivity contribution in [2.45, 2.75) is 79.7 Å². The number of phosphoric acid groups is 1. The quantitative estimate of drug-likeness (QED) is 0.0778. The molecule has 23 nitrogen and oxygen atoms in total. The summed E-state index contributed by atoms with van der Waals surface area (Å²) in [4.78, 5) is 54.0. The van der Waals surface area contributed by atoms with E-state index in [4.69, 9.17) is 39.2 Å². The van der Waals surface area contributed by atoms with Crippen LogP contribution in [0.15, 0.2) is 12.7 Å². The molecule has 0 spiro atoms. The monoisotopic (exact) mass is 683 g/mol. The van der Waals surface area contributed by atoms with Gasteiger partial charge in [-0.15, -0.1) is 0 Å². The third kappa shape index (κ3) is 6.56. The molecule has 3 aliphatic heterocycles. The maximum absolute atomic E-state index is 12.0. The third-order valence-electron chi connectivity index (χ3n) is 7.48. The first-order valence-electron chi connectivity index (χ1n) is 13.3. The van der Waals surface area contributed by atoms with Crippen LogP contribution in [0.5, 0.6) is 0 Å². The molecule has 11 N–H and O–H groups in total. The Bertz CT molecular complexity index is 1470. The zero-order chi connectivity index (χ0) is 33.7. The van der Waals surface area contributed by atoms with Crippen molar-refractivity contribution in [3.63, 3.8) is 0 Å². The predicted molar refractivity (Wildman–Crippen MR) is 138 cm³/mol. The summed E-state index contributed by atoms with van der Waals surface area (Å²) < 4.78 is 43.6. The zero-order valence-electron chi connectivity index (χ0n) is 23.1. The number of aliphatic hydroxyl groups excluding tert-OH is 6. The first-order valence-corrected chi connectivity index (χ1v) is 14.8. The first kappa shape index (κ1) is 34.3. The van der Waals surface area contributed by atoms with Crippen molar-refractivity contribution in [1.82, 2.24) is 19.5 Å². The van der Waals surface area contributed by atoms with E-state index in [0.717, 1.165) is 6.33 Å². The van der Waals surface area contributed by atoms with Crippen LogP contribution in [0.3, 0.4) is 0 Å². The molecule has 3 aliphatic rings. The number of aliphatic hydroxyl groups is 6. The van der Waals surface area contributed by atoms with E-state index >= 15 is 0 Å². The fraction of sp³-hybridized carbons (Fsp3) is 0.682. The van der Waals surface area contributed by atoms with Crippen LogP contribution < -0.4 is 5.73 Å². The largest absolute Gasteiger partial charge is 0.479 e. The molecule has 3 saturated heterocycles. The van der Waals surface area contributed by atoms with Gasteiger partial charge in [-0.1, -0.05) is 0 Å². The number of nitrogens with two attached hydrogens (primary N) is 1. The molecule has 5 rings (SSSR count). The second-order valence-corrected chi connectivity index (χ2v) is 11.6. The number of aromatic nitrogens is 4. The van der Waals surface area contributed by atoms with Gasteiger partial charge in [0, 0.05) is 0 Å². The number of cyclic esters (lactones) is 1. The highest BCUT2D eigenvalue weighted by molar-refractivity contribution is 7.46. The standard InChI is InChI=1S/C22H30N5O18P/c23-17-7-18(25-3-24-17)27(4-26-7)19-10(31)8(29)6(41-19)2-40-13-5(1-28)42-22(11(32)9(13)30)44-16(20(34)35)15-14(45-46(37,38)39)12(33)21(36)43-15/h3-6,8-16,19,22,28-33H,1-2H2,(H,34,35)(H2,23,24,25)(H2,37,38,39). The number of fused-ring (bicyclic) bond motifs is 1. The van der Waals surface area contributed by atoms with E-state index in [0.29, 0.717) is 0 Å². The van der Waals surface area contributed by atoms with Gasteiger partial charge in [-0.3, -0.25) is 9.09 Å². The van der Waals surface area contributed by atoms with Crippen LogP contribution in [0.1, 0.15) is 6.23 Å². The second-order valence-electron chi connectivity index (χ2n) is 10.4. The molecule has 0 bridgehead atoms. The lowest BCUT2D eigenvalue weighted by molar-refractivity contribution is -0.323. The highest BCUT2D eigenvalue weighted by Crippen LogP contribution is 2.42. The molecule has 13 unspecified atom stereocenters. The van der Waals surface area contributed by atoms with Crippen molar-refractivity contribution in [1.29, 1.82) is 0 Å². The third-order valence-corrected chi connectivity index (χ3v) is 8.00. The minimum Gasteiger partial charge on any atom is -0.479 e. The molecule has 2 aromatic heterocycles. The van der Waals surface area contributed by atoms with Crippen LogP contribution in [0.2, 0.25) is 0 Å². The van der Waals surface area contributed by atoms with Gasteiger partial charge in [0.1, 0.15) is 60.7 Å². The van der Waals surface area contributed by atoms with Crippen molar-refractivity contribution in [2.24, 2.45) is 0 Å². The predicted octanol–water partition coefficient (Wildman–Crippen LogP) is -5.91. The van der Waals surface area contributed by atoms with Gasteiger partial charge in [0.05, 0.1) is 19.5 Å². The number of esters is 1. The van der Waals surface area contributed by atoms with Gasteiger partial charge in [0.15, 0.2) is 42.3 Å². The molecule has 0 aromatic carbocycles. The molecule has 2 aromatic rings. The summed E-state index contributed by atoms with van der Waals surface area (Å²) in [7, 11) is -5.40. The van der Waals surface area contributed by atoms with Crippen LogP contribution in [-0.4, -0.2) is 164 Å². The number of nitrogens with zero attached hydrogens (tertiary/aromatic N) is 4. The Morgan fingerprint density at radius 2 is 1.74 bits per heavy atom. The Labute approximate surface area is 255 Å². The Morgan fingerprint density at radius 3 is 2.39 bits per heavy atom. The molecule has 0 saturated carbocycles. The summed E-state index contributed by atoms with van der Waals surface area (Å²) in [5.74, 6) is -3.35. The Morgan fingerprint density at radius 1 is 1.02 bits per heavy atom. The number of carbonyl (C=O) groups excluding carboxylic acids is 1. The minimum absolute atomic E-state index is 0.0599. The van der Waals surface area contributed by atoms with Gasteiger partial charge >= 0.3 is 19.8 Å². The SMILES string of the molecule is Nc1ncnc2c1ncn2C1OC(COC2C(CO)OC(OC(C(=O)O)C3OC(=O)C(O)C3OP(=O)(O)O)C(O)C2O)C(O)C1O. The van der Waals surface area contributed by atoms with E-state index in [9.17, 15) is 49.9 Å². The van der Waals surface area contributed by atoms with E-state index in [2.05, 4.69) is 19.5 Å². The van der Waals surface area contributed by atoms with Gasteiger partial charge in [-0.05, 0) is 0 Å². The molecule has 46 heavy (non-hydrogen) atoms. The van der Waals surface area contributed by atoms with Gasteiger partial charge in [-0.25, -0.2) is 29.1 Å². The maximum atomic E-state index is 12.0. The number of carboxylic acids is 1. The first-order chi connectivity index (χ1) is 21.6. The lowest BCUT2D eigenvalue weighted by atomic mass is 9.98. The summed E-state index contributed by atoms with van der Waals surface area (Å²) in [6.45, 7) is -1.46. The van der Waals surface area contributed by atoms with Crippen molar-refractivity contribution in [3.05, 3.63) is 12.7 Å². The number of ether oxygens (including phenoxy) is 5. The number of hydrogen-bond donors (Lipinski definition) is 10. The fourth-order valence-corrected chi connectivity index (χ4v) is 5.80. The number of hydrogen-bond acceptors (Lipinski definition) is 19. The van der Waals surface area contributed by atoms with Gasteiger partial charge in [-0.2, -0.15) is 0 Å². The fourth-order valence-electron chi connectivity index (χ4n) is 5.25. The highest BCUT2D eigenvalue weighted by Gasteiger charge is 2.56. The number of aliphatic carboxylic acids is 1. The number of imidazole rings is 1. The summed E-state index contributed by atoms with van der Waals surface area (Å²) in [5.41, 5.74) is 6.19. The van der Waals surface area contributed by atoms with Gasteiger partial charge in [0.25, 0.3) is 0 Å². The molecule has 0 radical (unpaired) electrons. The lowest BCUT2D eigenvalue weighted by Crippen LogP contribution is -2.62. The highest BCUT2D eigenvalue weighted by atomic mass is 31.2. The Kier molecular flexibility index (Phi) is 9.89. The molecule has 0 amide bonds. The number of nitrogen functional groups attached to an aromatic ring is 1. The molecule has 3 fully saturated rings. The van der Waals surface area contributed by atoms with E-state index in [1.54, 1.807) is 0 Å². The van der Waals surface area contributed by atoms with Crippen LogP contribution in [-0.2, 0) is 42.4 Å². The average molecular weight is 683 g/mol. The van der Waals surface area contributed by atoms with Crippen molar-refractivity contribution in [3.8, 4) is 0 Å². The van der Waals surface area contributed by atoms with Gasteiger partial charge < -0.3 is 75.0 Å². The van der Waals surface area contributed by atoms with E-state index in [-0.39, 0.29) is 17.0 Å². The molecular weight excluding hydrogens is 653 g/mol. The normalized spacial score (nSPS) is 37.4. The van der Waals surface area contributed by atoms with Crippen LogP contribution >= 0.6 is 7.82 Å². The molecule has 24 heteroatoms. The van der Waals surface area contributed by atoms with Crippen molar-refractivity contribution in [2.75, 3.05) is 18.9 Å². The van der Waals surface area contributed by atoms with Crippen LogP contribution in [0.4, 0.5) is 5.82 Å². The number of rotatable bonds is 11. The minimum atomic E-state index is -5.40. The average Bonchev–Trinajstić information content (AvgIpc) is 3.63. The molecule has 5 heterocycles. The summed E-state index contributed by atoms with van der Waals surface area (Å²) in [6.07, 6.45) is -21.5. The van der Waals surface area contributed by atoms with E-state index in [1.165, 1.54) is 10.9 Å². The number of carbonyl (C=O) groups is 2. The smallest absolute Gasteiger partial charge is 0.470 e. The maximum Gasteiger partial charge on any atom is 0.470 e. The lowest BCUT2D eigenvalue weighted by Gasteiger charge is -2.43. The van der Waals surface area contributed by atoms with Crippen LogP contribution in [0.25, 0.3) is 11.2 Å². The summed E-state index contributed by atoms with van der Waals surface area (Å²) in [5, 5.41) is 72.3. The van der Waals surface area contributed by atoms with E-state index in [1.807, 2.05) is 0 Å². The molecule has 256 valence electrons. The second kappa shape index (κ2) is 13.2. The number of anilines is 1. The topological polar surface area (TPSA) is 358 Å². The van der Waals surface area contributed by atoms with Crippen molar-refractivity contribution >= 4 is 36.7 Å². The van der Waals surface area contributed by atoms with Gasteiger partial charge in [0.2, 0.25) is 0 Å². The van der Waals surface area contributed by atoms with Crippen molar-refractivity contribution < 1.29 is 87.9 Å². The molecular formula is C22H30N5O18P. The zero-order valence-corrected chi connectivity index (χ0v) is 24.0. The molecule has 13 atom stereocenters. The van der Waals surface area contributed by atoms with E-state index < -0.39 is 113 Å². The Hall–Kier alpha value is -3.00. The van der Waals surface area contributed by atoms with Crippen LogP contribution in [0, 0.1) is 0 Å². The molecule has 0 aliphatic carbocycles. The summed E-state index contributed by atoms with van der Waals surface area (Å²) >= 11 is 0. The number of carboxylic acid groups (broad SMARTS) is 1. The number of phosphoric ester groups is 1. The Balaban J connectivity index is 1.26.